The number of hydrogen-bond acceptors (Lipinski definition) is 3. The molecule has 3 rings (SSSR count). The topological polar surface area (TPSA) is 61.7 Å². The fourth-order valence-corrected chi connectivity index (χ4v) is 2.21. The van der Waals surface area contributed by atoms with Gasteiger partial charge >= 0.3 is 5.97 Å². The number of carbonyl (C=O) groups is 1. The smallest absolute Gasteiger partial charge is 0.331 e. The van der Waals surface area contributed by atoms with Gasteiger partial charge in [-0.05, 0) is 17.5 Å². The highest BCUT2D eigenvalue weighted by molar-refractivity contribution is 6.15. The van der Waals surface area contributed by atoms with Crippen molar-refractivity contribution in [1.82, 2.24) is 0 Å². The molecule has 4 heteroatoms. The maximum absolute atomic E-state index is 10.8. The van der Waals surface area contributed by atoms with E-state index >= 15 is 0 Å². The molecule has 0 aromatic heterocycles. The molecule has 0 unspecified atom stereocenters. The Morgan fingerprint density at radius 3 is 2.74 bits per heavy atom. The average molecular weight is 252 g/mol. The van der Waals surface area contributed by atoms with E-state index in [-0.39, 0.29) is 12.0 Å². The highest BCUT2D eigenvalue weighted by Crippen LogP contribution is 2.35. The number of nitrogens with one attached hydrogen (secondary N) is 1. The van der Waals surface area contributed by atoms with Gasteiger partial charge in [-0.1, -0.05) is 30.8 Å². The number of amidine groups is 1. The van der Waals surface area contributed by atoms with Crippen LogP contribution in [0.4, 0.5) is 11.4 Å². The lowest BCUT2D eigenvalue weighted by atomic mass is 10.0. The molecular weight excluding hydrogens is 240 g/mol. The van der Waals surface area contributed by atoms with Gasteiger partial charge in [0.1, 0.15) is 5.84 Å². The molecule has 2 aromatic rings. The molecule has 0 aliphatic carbocycles. The lowest BCUT2D eigenvalue weighted by molar-refractivity contribution is -0.132. The van der Waals surface area contributed by atoms with Gasteiger partial charge in [0.05, 0.1) is 5.69 Å². The third kappa shape index (κ3) is 1.97. The number of anilines is 1. The SMILES string of the molecule is C=C(CC1=Nc2cccc3cccc(c23)N1)C(=O)O. The molecule has 94 valence electrons. The summed E-state index contributed by atoms with van der Waals surface area (Å²) < 4.78 is 0. The van der Waals surface area contributed by atoms with Crippen LogP contribution >= 0.6 is 0 Å². The van der Waals surface area contributed by atoms with Crippen molar-refractivity contribution in [2.45, 2.75) is 6.42 Å². The molecule has 0 amide bonds. The summed E-state index contributed by atoms with van der Waals surface area (Å²) in [5, 5.41) is 14.2. The normalized spacial score (nSPS) is 12.7. The molecule has 2 N–H and O–H groups in total. The van der Waals surface area contributed by atoms with Crippen LogP contribution in [0.3, 0.4) is 0 Å². The van der Waals surface area contributed by atoms with E-state index in [0.29, 0.717) is 5.84 Å². The van der Waals surface area contributed by atoms with Crippen molar-refractivity contribution in [3.05, 3.63) is 48.6 Å². The first-order valence-corrected chi connectivity index (χ1v) is 5.92. The van der Waals surface area contributed by atoms with Gasteiger partial charge in [-0.15, -0.1) is 0 Å². The van der Waals surface area contributed by atoms with Crippen molar-refractivity contribution in [1.29, 1.82) is 0 Å². The van der Waals surface area contributed by atoms with E-state index < -0.39 is 5.97 Å². The minimum absolute atomic E-state index is 0.123. The fraction of sp³-hybridized carbons (Fsp3) is 0.0667. The number of carboxylic acid groups (broad SMARTS) is 1. The Bertz CT molecular complexity index is 727. The number of benzene rings is 2. The third-order valence-electron chi connectivity index (χ3n) is 3.10. The number of aliphatic carboxylic acids is 1. The van der Waals surface area contributed by atoms with E-state index in [1.165, 1.54) is 0 Å². The second kappa shape index (κ2) is 4.24. The second-order valence-electron chi connectivity index (χ2n) is 4.45. The van der Waals surface area contributed by atoms with Crippen LogP contribution < -0.4 is 5.32 Å². The van der Waals surface area contributed by atoms with Crippen LogP contribution in [0.5, 0.6) is 0 Å². The van der Waals surface area contributed by atoms with Gasteiger partial charge in [0.25, 0.3) is 0 Å². The first-order valence-electron chi connectivity index (χ1n) is 5.92. The molecule has 1 heterocycles. The van der Waals surface area contributed by atoms with Crippen molar-refractivity contribution < 1.29 is 9.90 Å². The first-order chi connectivity index (χ1) is 9.15. The minimum Gasteiger partial charge on any atom is -0.478 e. The van der Waals surface area contributed by atoms with Crippen LogP contribution in [0.1, 0.15) is 6.42 Å². The van der Waals surface area contributed by atoms with Crippen LogP contribution in [0.25, 0.3) is 10.8 Å². The van der Waals surface area contributed by atoms with Crippen LogP contribution in [-0.4, -0.2) is 16.9 Å². The Balaban J connectivity index is 2.05. The standard InChI is InChI=1S/C15H12N2O2/c1-9(15(18)19)8-13-16-11-6-2-4-10-5-3-7-12(17-13)14(10)11/h2-7H,1,8H2,(H,16,17)(H,18,19). The van der Waals surface area contributed by atoms with Crippen LogP contribution in [0.2, 0.25) is 0 Å². The summed E-state index contributed by atoms with van der Waals surface area (Å²) >= 11 is 0. The molecule has 19 heavy (non-hydrogen) atoms. The fourth-order valence-electron chi connectivity index (χ4n) is 2.21. The first kappa shape index (κ1) is 11.5. The predicted octanol–water partition coefficient (Wildman–Crippen LogP) is 3.33. The molecule has 0 saturated heterocycles. The van der Waals surface area contributed by atoms with Gasteiger partial charge < -0.3 is 10.4 Å². The van der Waals surface area contributed by atoms with Crippen molar-refractivity contribution in [3.63, 3.8) is 0 Å². The largest absolute Gasteiger partial charge is 0.478 e. The molecule has 1 aliphatic rings. The zero-order valence-corrected chi connectivity index (χ0v) is 10.2. The lowest BCUT2D eigenvalue weighted by Crippen LogP contribution is -2.17. The Hall–Kier alpha value is -2.62. The Morgan fingerprint density at radius 1 is 1.26 bits per heavy atom. The summed E-state index contributed by atoms with van der Waals surface area (Å²) in [5.41, 5.74) is 1.94. The minimum atomic E-state index is -0.999. The predicted molar refractivity (Wildman–Crippen MR) is 76.1 cm³/mol. The van der Waals surface area contributed by atoms with Crippen molar-refractivity contribution in [2.24, 2.45) is 4.99 Å². The molecule has 0 radical (unpaired) electrons. The van der Waals surface area contributed by atoms with Gasteiger partial charge in [-0.25, -0.2) is 9.79 Å². The summed E-state index contributed by atoms with van der Waals surface area (Å²) in [6, 6.07) is 11.9. The van der Waals surface area contributed by atoms with Crippen molar-refractivity contribution >= 4 is 34.0 Å². The highest BCUT2D eigenvalue weighted by Gasteiger charge is 2.16. The number of aliphatic imine (C=N–C) groups is 1. The average Bonchev–Trinajstić information content (AvgIpc) is 2.39. The Labute approximate surface area is 110 Å². The van der Waals surface area contributed by atoms with Crippen LogP contribution in [-0.2, 0) is 4.79 Å². The maximum Gasteiger partial charge on any atom is 0.331 e. The molecule has 0 atom stereocenters. The Kier molecular flexibility index (Phi) is 2.56. The third-order valence-corrected chi connectivity index (χ3v) is 3.10. The second-order valence-corrected chi connectivity index (χ2v) is 4.45. The summed E-state index contributed by atoms with van der Waals surface area (Å²) in [6.45, 7) is 3.53. The van der Waals surface area contributed by atoms with E-state index in [0.717, 1.165) is 22.1 Å². The summed E-state index contributed by atoms with van der Waals surface area (Å²) in [7, 11) is 0. The molecular formula is C15H12N2O2. The molecule has 1 aliphatic heterocycles. The maximum atomic E-state index is 10.8. The molecule has 0 bridgehead atoms. The molecule has 4 nitrogen and oxygen atoms in total. The number of rotatable bonds is 3. The number of nitrogens with zero attached hydrogens (tertiary/aromatic N) is 1. The van der Waals surface area contributed by atoms with Gasteiger partial charge in [0.2, 0.25) is 0 Å². The molecule has 0 saturated carbocycles. The zero-order chi connectivity index (χ0) is 13.4. The van der Waals surface area contributed by atoms with E-state index in [9.17, 15) is 4.79 Å². The molecule has 0 fully saturated rings. The van der Waals surface area contributed by atoms with Crippen molar-refractivity contribution in [2.75, 3.05) is 5.32 Å². The molecule has 0 spiro atoms. The van der Waals surface area contributed by atoms with Gasteiger partial charge in [-0.3, -0.25) is 0 Å². The van der Waals surface area contributed by atoms with Gasteiger partial charge in [0, 0.05) is 23.1 Å². The lowest BCUT2D eigenvalue weighted by Gasteiger charge is -2.18. The van der Waals surface area contributed by atoms with E-state index in [1.54, 1.807) is 0 Å². The molecule has 2 aromatic carbocycles. The van der Waals surface area contributed by atoms with Crippen molar-refractivity contribution in [3.8, 4) is 0 Å². The van der Waals surface area contributed by atoms with E-state index in [1.807, 2.05) is 36.4 Å². The van der Waals surface area contributed by atoms with E-state index in [2.05, 4.69) is 16.9 Å². The summed E-state index contributed by atoms with van der Waals surface area (Å²) in [5.74, 6) is -0.389. The highest BCUT2D eigenvalue weighted by atomic mass is 16.4. The number of hydrogen-bond donors (Lipinski definition) is 2. The van der Waals surface area contributed by atoms with E-state index in [4.69, 9.17) is 5.11 Å². The van der Waals surface area contributed by atoms with Crippen LogP contribution in [0.15, 0.2) is 53.5 Å². The Morgan fingerprint density at radius 2 is 2.00 bits per heavy atom. The van der Waals surface area contributed by atoms with Crippen LogP contribution in [0, 0.1) is 0 Å². The number of carboxylic acids is 1. The summed E-state index contributed by atoms with van der Waals surface area (Å²) in [4.78, 5) is 15.3. The monoisotopic (exact) mass is 252 g/mol. The van der Waals surface area contributed by atoms with Gasteiger partial charge in [0.15, 0.2) is 0 Å². The summed E-state index contributed by atoms with van der Waals surface area (Å²) in [6.07, 6.45) is 0.208. The van der Waals surface area contributed by atoms with Gasteiger partial charge in [-0.2, -0.15) is 0 Å². The quantitative estimate of drug-likeness (QED) is 0.824. The zero-order valence-electron chi connectivity index (χ0n) is 10.2.